The van der Waals surface area contributed by atoms with Gasteiger partial charge < -0.3 is 10.2 Å². The third-order valence-corrected chi connectivity index (χ3v) is 5.57. The van der Waals surface area contributed by atoms with Crippen LogP contribution in [0.15, 0.2) is 5.38 Å². The molecule has 1 saturated heterocycles. The van der Waals surface area contributed by atoms with E-state index in [0.29, 0.717) is 19.6 Å². The zero-order valence-corrected chi connectivity index (χ0v) is 12.8. The first kappa shape index (κ1) is 16.5. The average Bonchev–Trinajstić information content (AvgIpc) is 2.85. The number of nitrogens with one attached hydrogen (secondary N) is 1. The first-order valence-corrected chi connectivity index (χ1v) is 9.16. The molecule has 10 heteroatoms. The third kappa shape index (κ3) is 5.11. The van der Waals surface area contributed by atoms with Crippen LogP contribution in [-0.4, -0.2) is 56.0 Å². The predicted molar refractivity (Wildman–Crippen MR) is 75.3 cm³/mol. The van der Waals surface area contributed by atoms with Crippen molar-refractivity contribution in [3.63, 3.8) is 0 Å². The number of halogens is 3. The number of thiazole rings is 1. The summed E-state index contributed by atoms with van der Waals surface area (Å²) >= 11 is 0.927. The monoisotopic (exact) mass is 343 g/mol. The second-order valence-electron chi connectivity index (χ2n) is 4.81. The maximum Gasteiger partial charge on any atom is 0.434 e. The molecular weight excluding hydrogens is 327 g/mol. The molecule has 5 nitrogen and oxygen atoms in total. The quantitative estimate of drug-likeness (QED) is 0.825. The summed E-state index contributed by atoms with van der Waals surface area (Å²) in [5.74, 6) is 0.365. The zero-order valence-electron chi connectivity index (χ0n) is 11.2. The van der Waals surface area contributed by atoms with Gasteiger partial charge in [-0.05, 0) is 13.0 Å². The van der Waals surface area contributed by atoms with Gasteiger partial charge in [0.15, 0.2) is 20.7 Å². The van der Waals surface area contributed by atoms with E-state index in [1.807, 2.05) is 4.90 Å². The van der Waals surface area contributed by atoms with Crippen LogP contribution in [-0.2, 0) is 16.0 Å². The first-order valence-electron chi connectivity index (χ1n) is 6.46. The van der Waals surface area contributed by atoms with Crippen LogP contribution in [0.2, 0.25) is 0 Å². The molecule has 1 aromatic heterocycles. The van der Waals surface area contributed by atoms with Crippen LogP contribution in [0.1, 0.15) is 12.1 Å². The van der Waals surface area contributed by atoms with Crippen LogP contribution in [0.25, 0.3) is 0 Å². The normalized spacial score (nSPS) is 19.6. The van der Waals surface area contributed by atoms with Crippen molar-refractivity contribution in [2.24, 2.45) is 0 Å². The predicted octanol–water partition coefficient (Wildman–Crippen LogP) is 1.69. The van der Waals surface area contributed by atoms with E-state index in [1.54, 1.807) is 0 Å². The number of rotatable bonds is 5. The van der Waals surface area contributed by atoms with Crippen molar-refractivity contribution in [2.75, 3.05) is 43.0 Å². The van der Waals surface area contributed by atoms with Gasteiger partial charge >= 0.3 is 6.18 Å². The van der Waals surface area contributed by atoms with E-state index >= 15 is 0 Å². The molecule has 0 radical (unpaired) electrons. The Hall–Kier alpha value is -0.870. The first-order chi connectivity index (χ1) is 9.76. The highest BCUT2D eigenvalue weighted by molar-refractivity contribution is 7.91. The van der Waals surface area contributed by atoms with Crippen molar-refractivity contribution in [3.8, 4) is 0 Å². The molecule has 0 saturated carbocycles. The molecule has 0 amide bonds. The number of alkyl halides is 3. The summed E-state index contributed by atoms with van der Waals surface area (Å²) in [5, 5.41) is 4.09. The average molecular weight is 343 g/mol. The van der Waals surface area contributed by atoms with Gasteiger partial charge in [-0.2, -0.15) is 13.2 Å². The minimum absolute atomic E-state index is 0.182. The van der Waals surface area contributed by atoms with Crippen molar-refractivity contribution in [3.05, 3.63) is 11.1 Å². The van der Waals surface area contributed by atoms with Crippen molar-refractivity contribution in [1.29, 1.82) is 0 Å². The van der Waals surface area contributed by atoms with Crippen LogP contribution in [0, 0.1) is 0 Å². The second-order valence-corrected chi connectivity index (χ2v) is 7.97. The van der Waals surface area contributed by atoms with Crippen LogP contribution in [0.4, 0.5) is 18.3 Å². The second kappa shape index (κ2) is 6.49. The highest BCUT2D eigenvalue weighted by atomic mass is 32.2. The Morgan fingerprint density at radius 2 is 2.00 bits per heavy atom. The summed E-state index contributed by atoms with van der Waals surface area (Å²) < 4.78 is 59.6. The molecule has 1 aliphatic rings. The van der Waals surface area contributed by atoms with Gasteiger partial charge in [0.25, 0.3) is 0 Å². The molecule has 1 aliphatic heterocycles. The van der Waals surface area contributed by atoms with E-state index in [9.17, 15) is 21.6 Å². The van der Waals surface area contributed by atoms with Gasteiger partial charge in [0.05, 0.1) is 11.5 Å². The number of hydrogen-bond acceptors (Lipinski definition) is 6. The largest absolute Gasteiger partial charge is 0.434 e. The Bertz CT molecular complexity index is 558. The molecule has 120 valence electrons. The van der Waals surface area contributed by atoms with Gasteiger partial charge in [0.1, 0.15) is 0 Å². The van der Waals surface area contributed by atoms with E-state index in [-0.39, 0.29) is 16.6 Å². The molecule has 0 atom stereocenters. The topological polar surface area (TPSA) is 62.3 Å². The smallest absolute Gasteiger partial charge is 0.361 e. The Morgan fingerprint density at radius 1 is 1.33 bits per heavy atom. The van der Waals surface area contributed by atoms with Crippen molar-refractivity contribution in [2.45, 2.75) is 12.6 Å². The van der Waals surface area contributed by atoms with Gasteiger partial charge in [-0.1, -0.05) is 0 Å². The van der Waals surface area contributed by atoms with E-state index < -0.39 is 21.7 Å². The lowest BCUT2D eigenvalue weighted by molar-refractivity contribution is -0.140. The van der Waals surface area contributed by atoms with Crippen LogP contribution in [0.5, 0.6) is 0 Å². The standard InChI is InChI=1S/C11H16F3N3O2S2/c12-11(13,14)9-8-20-10(16-9)15-2-1-3-17-4-6-21(18,19)7-5-17/h8H,1-7H2,(H,15,16). The number of anilines is 1. The number of aromatic nitrogens is 1. The summed E-state index contributed by atoms with van der Waals surface area (Å²) in [6.07, 6.45) is -3.68. The van der Waals surface area contributed by atoms with E-state index in [4.69, 9.17) is 0 Å². The molecular formula is C11H16F3N3O2S2. The summed E-state index contributed by atoms with van der Waals surface area (Å²) in [6, 6.07) is 0. The third-order valence-electron chi connectivity index (χ3n) is 3.16. The maximum absolute atomic E-state index is 12.4. The highest BCUT2D eigenvalue weighted by Gasteiger charge is 2.33. The lowest BCUT2D eigenvalue weighted by Gasteiger charge is -2.26. The van der Waals surface area contributed by atoms with Crippen LogP contribution in [0.3, 0.4) is 0 Å². The SMILES string of the molecule is O=S1(=O)CCN(CCCNc2nc(C(F)(F)F)cs2)CC1. The number of sulfone groups is 1. The molecule has 0 unspecified atom stereocenters. The molecule has 0 bridgehead atoms. The molecule has 0 aliphatic carbocycles. The Morgan fingerprint density at radius 3 is 2.57 bits per heavy atom. The van der Waals surface area contributed by atoms with Gasteiger partial charge in [-0.25, -0.2) is 13.4 Å². The Kier molecular flexibility index (Phi) is 5.10. The fourth-order valence-electron chi connectivity index (χ4n) is 1.96. The van der Waals surface area contributed by atoms with Crippen molar-refractivity contribution < 1.29 is 21.6 Å². The zero-order chi connectivity index (χ0) is 15.5. The van der Waals surface area contributed by atoms with E-state index in [0.717, 1.165) is 29.7 Å². The molecule has 1 N–H and O–H groups in total. The molecule has 21 heavy (non-hydrogen) atoms. The number of nitrogens with zero attached hydrogens (tertiary/aromatic N) is 2. The van der Waals surface area contributed by atoms with E-state index in [2.05, 4.69) is 10.3 Å². The van der Waals surface area contributed by atoms with Crippen LogP contribution >= 0.6 is 11.3 Å². The van der Waals surface area contributed by atoms with Gasteiger partial charge in [0, 0.05) is 25.0 Å². The van der Waals surface area contributed by atoms with Gasteiger partial charge in [-0.3, -0.25) is 0 Å². The summed E-state index contributed by atoms with van der Waals surface area (Å²) in [7, 11) is -2.87. The Balaban J connectivity index is 1.67. The van der Waals surface area contributed by atoms with Crippen molar-refractivity contribution >= 4 is 26.3 Å². The minimum atomic E-state index is -4.41. The lowest BCUT2D eigenvalue weighted by atomic mass is 10.3. The molecule has 0 spiro atoms. The maximum atomic E-state index is 12.4. The summed E-state index contributed by atoms with van der Waals surface area (Å²) in [6.45, 7) is 2.28. The fraction of sp³-hybridized carbons (Fsp3) is 0.727. The number of hydrogen-bond donors (Lipinski definition) is 1. The van der Waals surface area contributed by atoms with Gasteiger partial charge in [-0.15, -0.1) is 11.3 Å². The summed E-state index contributed by atoms with van der Waals surface area (Å²) in [5.41, 5.74) is -0.878. The highest BCUT2D eigenvalue weighted by Crippen LogP contribution is 2.31. The molecule has 2 heterocycles. The fourth-order valence-corrected chi connectivity index (χ4v) is 3.98. The molecule has 1 fully saturated rings. The van der Waals surface area contributed by atoms with E-state index in [1.165, 1.54) is 0 Å². The minimum Gasteiger partial charge on any atom is -0.361 e. The molecule has 2 rings (SSSR count). The molecule has 0 aromatic carbocycles. The van der Waals surface area contributed by atoms with Crippen LogP contribution < -0.4 is 5.32 Å². The summed E-state index contributed by atoms with van der Waals surface area (Å²) in [4.78, 5) is 5.52. The molecule has 1 aromatic rings. The van der Waals surface area contributed by atoms with Gasteiger partial charge in [0.2, 0.25) is 0 Å². The lowest BCUT2D eigenvalue weighted by Crippen LogP contribution is -2.41. The Labute approximate surface area is 125 Å². The van der Waals surface area contributed by atoms with Crippen molar-refractivity contribution in [1.82, 2.24) is 9.88 Å².